The summed E-state index contributed by atoms with van der Waals surface area (Å²) in [6.45, 7) is 0. The van der Waals surface area contributed by atoms with E-state index in [0.717, 1.165) is 5.69 Å². The Morgan fingerprint density at radius 2 is 2.11 bits per heavy atom. The number of ether oxygens (including phenoxy) is 1. The van der Waals surface area contributed by atoms with E-state index in [4.69, 9.17) is 4.74 Å². The van der Waals surface area contributed by atoms with Crippen LogP contribution < -0.4 is 4.74 Å². The lowest BCUT2D eigenvalue weighted by Crippen LogP contribution is -1.92. The van der Waals surface area contributed by atoms with Crippen LogP contribution in [0.4, 0.5) is 5.69 Å². The molecule has 2 rings (SSSR count). The van der Waals surface area contributed by atoms with E-state index < -0.39 is 4.92 Å². The van der Waals surface area contributed by atoms with Crippen molar-refractivity contribution in [2.45, 2.75) is 0 Å². The van der Waals surface area contributed by atoms with Crippen LogP contribution >= 0.6 is 0 Å². The molecule has 0 saturated heterocycles. The third-order valence-electron chi connectivity index (χ3n) is 2.55. The van der Waals surface area contributed by atoms with Gasteiger partial charge in [0.1, 0.15) is 5.75 Å². The lowest BCUT2D eigenvalue weighted by Gasteiger charge is -2.02. The first kappa shape index (κ1) is 12.8. The van der Waals surface area contributed by atoms with Crippen molar-refractivity contribution in [1.29, 1.82) is 0 Å². The molecule has 0 unspecified atom stereocenters. The molecule has 0 aliphatic carbocycles. The molecular weight excluding hydrogens is 244 g/mol. The van der Waals surface area contributed by atoms with Crippen molar-refractivity contribution in [2.75, 3.05) is 7.11 Å². The van der Waals surface area contributed by atoms with Crippen molar-refractivity contribution in [1.82, 2.24) is 4.98 Å². The molecule has 0 atom stereocenters. The van der Waals surface area contributed by atoms with Crippen molar-refractivity contribution >= 4 is 17.8 Å². The second-order valence-electron chi connectivity index (χ2n) is 3.77. The topological polar surface area (TPSA) is 65.3 Å². The van der Waals surface area contributed by atoms with Gasteiger partial charge in [0.2, 0.25) is 0 Å². The third kappa shape index (κ3) is 3.16. The first-order chi connectivity index (χ1) is 9.20. The van der Waals surface area contributed by atoms with Gasteiger partial charge in [-0.2, -0.15) is 0 Å². The molecule has 0 amide bonds. The Balaban J connectivity index is 2.37. The molecule has 0 saturated carbocycles. The Hall–Kier alpha value is -2.69. The molecule has 0 aliphatic heterocycles. The molecule has 0 N–H and O–H groups in total. The Labute approximate surface area is 110 Å². The number of aromatic nitrogens is 1. The maximum Gasteiger partial charge on any atom is 0.276 e. The van der Waals surface area contributed by atoms with Gasteiger partial charge in [0.25, 0.3) is 5.69 Å². The van der Waals surface area contributed by atoms with E-state index in [1.807, 2.05) is 18.2 Å². The van der Waals surface area contributed by atoms with Gasteiger partial charge in [0.15, 0.2) is 0 Å². The Bertz CT molecular complexity index is 609. The van der Waals surface area contributed by atoms with Crippen LogP contribution in [0.2, 0.25) is 0 Å². The van der Waals surface area contributed by atoms with Crippen LogP contribution in [0.1, 0.15) is 11.3 Å². The summed E-state index contributed by atoms with van der Waals surface area (Å²) in [5, 5.41) is 10.9. The largest absolute Gasteiger partial charge is 0.497 e. The molecule has 0 spiro atoms. The van der Waals surface area contributed by atoms with Crippen LogP contribution in [0, 0.1) is 10.1 Å². The molecule has 2 aromatic rings. The molecule has 0 fully saturated rings. The number of rotatable bonds is 4. The monoisotopic (exact) mass is 256 g/mol. The zero-order chi connectivity index (χ0) is 13.7. The summed E-state index contributed by atoms with van der Waals surface area (Å²) >= 11 is 0. The predicted molar refractivity (Wildman–Crippen MR) is 72.8 cm³/mol. The SMILES string of the molecule is COc1ccc([N+](=O)[O-])c(C=Cc2ccccn2)c1. The second-order valence-corrected chi connectivity index (χ2v) is 3.77. The molecule has 19 heavy (non-hydrogen) atoms. The molecule has 1 heterocycles. The zero-order valence-electron chi connectivity index (χ0n) is 10.3. The minimum atomic E-state index is -0.419. The Kier molecular flexibility index (Phi) is 3.87. The zero-order valence-corrected chi connectivity index (χ0v) is 10.3. The standard InChI is InChI=1S/C14H12N2O3/c1-19-13-7-8-14(16(17)18)11(10-13)5-6-12-4-2-3-9-15-12/h2-10H,1H3. The van der Waals surface area contributed by atoms with E-state index >= 15 is 0 Å². The van der Waals surface area contributed by atoms with Crippen molar-refractivity contribution < 1.29 is 9.66 Å². The van der Waals surface area contributed by atoms with Gasteiger partial charge in [-0.25, -0.2) is 0 Å². The lowest BCUT2D eigenvalue weighted by molar-refractivity contribution is -0.385. The molecule has 5 nitrogen and oxygen atoms in total. The second kappa shape index (κ2) is 5.77. The average Bonchev–Trinajstić information content (AvgIpc) is 2.45. The maximum absolute atomic E-state index is 10.9. The smallest absolute Gasteiger partial charge is 0.276 e. The summed E-state index contributed by atoms with van der Waals surface area (Å²) in [6.07, 6.45) is 5.05. The summed E-state index contributed by atoms with van der Waals surface area (Å²) in [6, 6.07) is 10.1. The molecule has 0 aliphatic rings. The number of nitrogens with zero attached hydrogens (tertiary/aromatic N) is 2. The van der Waals surface area contributed by atoms with Crippen molar-refractivity contribution in [3.8, 4) is 5.75 Å². The molecule has 1 aromatic heterocycles. The van der Waals surface area contributed by atoms with Gasteiger partial charge < -0.3 is 4.74 Å². The van der Waals surface area contributed by atoms with Crippen molar-refractivity contribution in [3.63, 3.8) is 0 Å². The van der Waals surface area contributed by atoms with Crippen LogP contribution in [0.5, 0.6) is 5.75 Å². The van der Waals surface area contributed by atoms with Crippen LogP contribution in [-0.2, 0) is 0 Å². The molecule has 1 aromatic carbocycles. The van der Waals surface area contributed by atoms with Gasteiger partial charge in [0.05, 0.1) is 23.3 Å². The fourth-order valence-corrected chi connectivity index (χ4v) is 1.61. The summed E-state index contributed by atoms with van der Waals surface area (Å²) in [7, 11) is 1.52. The van der Waals surface area contributed by atoms with E-state index in [1.165, 1.54) is 13.2 Å². The summed E-state index contributed by atoms with van der Waals surface area (Å²) < 4.78 is 5.07. The van der Waals surface area contributed by atoms with Gasteiger partial charge in [-0.05, 0) is 36.4 Å². The van der Waals surface area contributed by atoms with Gasteiger partial charge >= 0.3 is 0 Å². The highest BCUT2D eigenvalue weighted by molar-refractivity contribution is 5.73. The predicted octanol–water partition coefficient (Wildman–Crippen LogP) is 3.17. The van der Waals surface area contributed by atoms with Gasteiger partial charge in [0, 0.05) is 12.3 Å². The maximum atomic E-state index is 10.9. The number of nitro groups is 1. The van der Waals surface area contributed by atoms with E-state index in [0.29, 0.717) is 11.3 Å². The fourth-order valence-electron chi connectivity index (χ4n) is 1.61. The number of methoxy groups -OCH3 is 1. The van der Waals surface area contributed by atoms with E-state index in [-0.39, 0.29) is 5.69 Å². The highest BCUT2D eigenvalue weighted by atomic mass is 16.6. The number of nitro benzene ring substituents is 1. The highest BCUT2D eigenvalue weighted by Crippen LogP contribution is 2.25. The number of benzene rings is 1. The van der Waals surface area contributed by atoms with Crippen LogP contribution in [0.15, 0.2) is 42.6 Å². The first-order valence-electron chi connectivity index (χ1n) is 5.62. The lowest BCUT2D eigenvalue weighted by atomic mass is 10.1. The van der Waals surface area contributed by atoms with Crippen molar-refractivity contribution in [2.24, 2.45) is 0 Å². The fraction of sp³-hybridized carbons (Fsp3) is 0.0714. The van der Waals surface area contributed by atoms with Gasteiger partial charge in [-0.15, -0.1) is 0 Å². The van der Waals surface area contributed by atoms with E-state index in [1.54, 1.807) is 30.5 Å². The molecular formula is C14H12N2O3. The Morgan fingerprint density at radius 1 is 1.26 bits per heavy atom. The molecule has 5 heteroatoms. The van der Waals surface area contributed by atoms with Gasteiger partial charge in [-0.1, -0.05) is 6.07 Å². The quantitative estimate of drug-likeness (QED) is 0.622. The van der Waals surface area contributed by atoms with Crippen LogP contribution in [0.25, 0.3) is 12.2 Å². The number of hydrogen-bond donors (Lipinski definition) is 0. The minimum Gasteiger partial charge on any atom is -0.497 e. The van der Waals surface area contributed by atoms with E-state index in [2.05, 4.69) is 4.98 Å². The van der Waals surface area contributed by atoms with Gasteiger partial charge in [-0.3, -0.25) is 15.1 Å². The normalized spacial score (nSPS) is 10.6. The summed E-state index contributed by atoms with van der Waals surface area (Å²) in [4.78, 5) is 14.7. The first-order valence-corrected chi connectivity index (χ1v) is 5.62. The number of hydrogen-bond acceptors (Lipinski definition) is 4. The highest BCUT2D eigenvalue weighted by Gasteiger charge is 2.12. The number of pyridine rings is 1. The van der Waals surface area contributed by atoms with Crippen LogP contribution in [0.3, 0.4) is 0 Å². The molecule has 0 bridgehead atoms. The Morgan fingerprint density at radius 3 is 2.74 bits per heavy atom. The summed E-state index contributed by atoms with van der Waals surface area (Å²) in [5.74, 6) is 0.575. The molecule has 0 radical (unpaired) electrons. The molecule has 96 valence electrons. The van der Waals surface area contributed by atoms with E-state index in [9.17, 15) is 10.1 Å². The summed E-state index contributed by atoms with van der Waals surface area (Å²) in [5.41, 5.74) is 1.25. The van der Waals surface area contributed by atoms with Crippen LogP contribution in [-0.4, -0.2) is 17.0 Å². The minimum absolute atomic E-state index is 0.0352. The van der Waals surface area contributed by atoms with Crippen molar-refractivity contribution in [3.05, 3.63) is 64.0 Å². The third-order valence-corrected chi connectivity index (χ3v) is 2.55. The average molecular weight is 256 g/mol.